The molecule has 0 bridgehead atoms. The fourth-order valence-electron chi connectivity index (χ4n) is 3.56. The molecule has 29 heavy (non-hydrogen) atoms. The summed E-state index contributed by atoms with van der Waals surface area (Å²) in [4.78, 5) is 25.5. The molecule has 1 N–H and O–H groups in total. The zero-order valence-corrected chi connectivity index (χ0v) is 16.5. The molecule has 1 fully saturated rings. The van der Waals surface area contributed by atoms with Crippen LogP contribution in [0.2, 0.25) is 0 Å². The highest BCUT2D eigenvalue weighted by Crippen LogP contribution is 2.21. The van der Waals surface area contributed by atoms with E-state index in [1.165, 1.54) is 5.56 Å². The molecule has 6 heteroatoms. The number of benzene rings is 2. The molecule has 1 unspecified atom stereocenters. The Morgan fingerprint density at radius 3 is 2.14 bits per heavy atom. The topological polar surface area (TPSA) is 61.4 Å². The van der Waals surface area contributed by atoms with Gasteiger partial charge in [-0.2, -0.15) is 0 Å². The summed E-state index contributed by atoms with van der Waals surface area (Å²) in [6, 6.07) is 20.0. The smallest absolute Gasteiger partial charge is 0.244 e. The molecule has 148 valence electrons. The Bertz CT molecular complexity index is 923. The Labute approximate surface area is 171 Å². The van der Waals surface area contributed by atoms with Crippen molar-refractivity contribution in [2.75, 3.05) is 36.4 Å². The van der Waals surface area contributed by atoms with Crippen molar-refractivity contribution in [2.24, 2.45) is 0 Å². The fraction of sp³-hybridized carbons (Fsp3) is 0.261. The number of nitrogens with zero attached hydrogens (tertiary/aromatic N) is 4. The van der Waals surface area contributed by atoms with Crippen molar-refractivity contribution < 1.29 is 4.79 Å². The molecule has 1 amide bonds. The average Bonchev–Trinajstić information content (AvgIpc) is 2.80. The summed E-state index contributed by atoms with van der Waals surface area (Å²) < 4.78 is 0. The van der Waals surface area contributed by atoms with Crippen molar-refractivity contribution >= 4 is 17.5 Å². The lowest BCUT2D eigenvalue weighted by atomic mass is 10.1. The average molecular weight is 387 g/mol. The first-order chi connectivity index (χ1) is 14.2. The second kappa shape index (κ2) is 8.73. The predicted octanol–water partition coefficient (Wildman–Crippen LogP) is 3.29. The van der Waals surface area contributed by atoms with Crippen molar-refractivity contribution in [1.29, 1.82) is 0 Å². The number of piperazine rings is 1. The molecule has 0 spiro atoms. The number of rotatable bonds is 5. The summed E-state index contributed by atoms with van der Waals surface area (Å²) in [7, 11) is 0. The highest BCUT2D eigenvalue weighted by molar-refractivity contribution is 5.84. The van der Waals surface area contributed by atoms with Crippen LogP contribution in [0.15, 0.2) is 73.1 Å². The van der Waals surface area contributed by atoms with Gasteiger partial charge in [-0.3, -0.25) is 4.79 Å². The van der Waals surface area contributed by atoms with Gasteiger partial charge in [0.1, 0.15) is 6.04 Å². The predicted molar refractivity (Wildman–Crippen MR) is 116 cm³/mol. The van der Waals surface area contributed by atoms with Crippen LogP contribution in [0.5, 0.6) is 0 Å². The number of hydrogen-bond donors (Lipinski definition) is 1. The molecule has 1 aromatic heterocycles. The molecule has 4 rings (SSSR count). The Kier molecular flexibility index (Phi) is 5.70. The van der Waals surface area contributed by atoms with Crippen LogP contribution in [0.25, 0.3) is 11.1 Å². The molecule has 0 saturated carbocycles. The standard InChI is InChI=1S/C23H25N5O/c1-18(26-21-10-8-20(9-11-21)19-6-3-2-4-7-19)22(29)27-14-16-28(17-15-27)23-24-12-5-13-25-23/h2-13,18,26H,14-17H2,1H3. The molecular weight excluding hydrogens is 362 g/mol. The van der Waals surface area contributed by atoms with E-state index in [9.17, 15) is 4.79 Å². The van der Waals surface area contributed by atoms with Crippen LogP contribution in [-0.4, -0.2) is 53.0 Å². The van der Waals surface area contributed by atoms with Gasteiger partial charge in [-0.05, 0) is 36.2 Å². The van der Waals surface area contributed by atoms with Crippen molar-refractivity contribution in [3.63, 3.8) is 0 Å². The molecule has 1 atom stereocenters. The SMILES string of the molecule is CC(Nc1ccc(-c2ccccc2)cc1)C(=O)N1CCN(c2ncccn2)CC1. The second-order valence-corrected chi connectivity index (χ2v) is 7.17. The van der Waals surface area contributed by atoms with Crippen LogP contribution in [0.3, 0.4) is 0 Å². The van der Waals surface area contributed by atoms with Gasteiger partial charge in [0.05, 0.1) is 0 Å². The molecule has 1 aliphatic rings. The van der Waals surface area contributed by atoms with Gasteiger partial charge in [-0.25, -0.2) is 9.97 Å². The third-order valence-electron chi connectivity index (χ3n) is 5.17. The van der Waals surface area contributed by atoms with Gasteiger partial charge in [-0.1, -0.05) is 42.5 Å². The first kappa shape index (κ1) is 18.9. The maximum Gasteiger partial charge on any atom is 0.244 e. The van der Waals surface area contributed by atoms with Gasteiger partial charge >= 0.3 is 0 Å². The molecule has 2 aromatic carbocycles. The van der Waals surface area contributed by atoms with Crippen LogP contribution >= 0.6 is 0 Å². The van der Waals surface area contributed by atoms with Crippen molar-refractivity contribution in [1.82, 2.24) is 14.9 Å². The zero-order chi connectivity index (χ0) is 20.1. The lowest BCUT2D eigenvalue weighted by Crippen LogP contribution is -2.52. The van der Waals surface area contributed by atoms with Crippen LogP contribution < -0.4 is 10.2 Å². The van der Waals surface area contributed by atoms with Crippen molar-refractivity contribution in [2.45, 2.75) is 13.0 Å². The molecule has 2 heterocycles. The van der Waals surface area contributed by atoms with Crippen molar-refractivity contribution in [3.05, 3.63) is 73.1 Å². The van der Waals surface area contributed by atoms with E-state index < -0.39 is 0 Å². The van der Waals surface area contributed by atoms with E-state index in [4.69, 9.17) is 0 Å². The summed E-state index contributed by atoms with van der Waals surface area (Å²) in [5.74, 6) is 0.843. The van der Waals surface area contributed by atoms with Crippen molar-refractivity contribution in [3.8, 4) is 11.1 Å². The molecule has 0 aliphatic carbocycles. The lowest BCUT2D eigenvalue weighted by Gasteiger charge is -2.36. The maximum absolute atomic E-state index is 12.8. The van der Waals surface area contributed by atoms with Crippen LogP contribution in [-0.2, 0) is 4.79 Å². The van der Waals surface area contributed by atoms with Gasteiger partial charge in [-0.15, -0.1) is 0 Å². The van der Waals surface area contributed by atoms with Gasteiger partial charge in [0.2, 0.25) is 11.9 Å². The van der Waals surface area contributed by atoms with E-state index in [-0.39, 0.29) is 11.9 Å². The largest absolute Gasteiger partial charge is 0.374 e. The lowest BCUT2D eigenvalue weighted by molar-refractivity contribution is -0.131. The van der Waals surface area contributed by atoms with Gasteiger partial charge in [0.15, 0.2) is 0 Å². The van der Waals surface area contributed by atoms with Gasteiger partial charge < -0.3 is 15.1 Å². The van der Waals surface area contributed by atoms with E-state index >= 15 is 0 Å². The summed E-state index contributed by atoms with van der Waals surface area (Å²) in [5.41, 5.74) is 3.29. The minimum atomic E-state index is -0.280. The number of carbonyl (C=O) groups is 1. The Morgan fingerprint density at radius 1 is 0.862 bits per heavy atom. The van der Waals surface area contributed by atoms with E-state index in [1.807, 2.05) is 48.2 Å². The van der Waals surface area contributed by atoms with Gasteiger partial charge in [0, 0.05) is 44.3 Å². The fourth-order valence-corrected chi connectivity index (χ4v) is 3.56. The number of hydrogen-bond acceptors (Lipinski definition) is 5. The van der Waals surface area contributed by atoms with E-state index in [2.05, 4.69) is 44.5 Å². The third kappa shape index (κ3) is 4.54. The van der Waals surface area contributed by atoms with E-state index in [0.717, 1.165) is 30.3 Å². The molecule has 1 saturated heterocycles. The highest BCUT2D eigenvalue weighted by atomic mass is 16.2. The Balaban J connectivity index is 1.32. The quantitative estimate of drug-likeness (QED) is 0.728. The van der Waals surface area contributed by atoms with E-state index in [1.54, 1.807) is 12.4 Å². The zero-order valence-electron chi connectivity index (χ0n) is 16.5. The summed E-state index contributed by atoms with van der Waals surface area (Å²) >= 11 is 0. The second-order valence-electron chi connectivity index (χ2n) is 7.17. The minimum Gasteiger partial charge on any atom is -0.374 e. The normalized spacial score (nSPS) is 15.1. The number of amides is 1. The monoisotopic (exact) mass is 387 g/mol. The van der Waals surface area contributed by atoms with E-state index in [0.29, 0.717) is 13.1 Å². The molecular formula is C23H25N5O. The number of nitrogens with one attached hydrogen (secondary N) is 1. The summed E-state index contributed by atoms with van der Waals surface area (Å²) in [6.07, 6.45) is 3.49. The molecule has 6 nitrogen and oxygen atoms in total. The molecule has 1 aliphatic heterocycles. The van der Waals surface area contributed by atoms with Gasteiger partial charge in [0.25, 0.3) is 0 Å². The minimum absolute atomic E-state index is 0.116. The first-order valence-corrected chi connectivity index (χ1v) is 9.93. The third-order valence-corrected chi connectivity index (χ3v) is 5.17. The number of anilines is 2. The van der Waals surface area contributed by atoms with Crippen LogP contribution in [0.4, 0.5) is 11.6 Å². The maximum atomic E-state index is 12.8. The Hall–Kier alpha value is -3.41. The summed E-state index contributed by atoms with van der Waals surface area (Å²) in [6.45, 7) is 4.76. The highest BCUT2D eigenvalue weighted by Gasteiger charge is 2.25. The number of aromatic nitrogens is 2. The molecule has 3 aromatic rings. The number of carbonyl (C=O) groups excluding carboxylic acids is 1. The Morgan fingerprint density at radius 2 is 1.48 bits per heavy atom. The molecule has 0 radical (unpaired) electrons. The first-order valence-electron chi connectivity index (χ1n) is 9.93. The summed E-state index contributed by atoms with van der Waals surface area (Å²) in [5, 5.41) is 3.33. The van der Waals surface area contributed by atoms with Crippen LogP contribution in [0.1, 0.15) is 6.92 Å². The van der Waals surface area contributed by atoms with Crippen LogP contribution in [0, 0.1) is 0 Å².